The lowest BCUT2D eigenvalue weighted by Crippen LogP contribution is -2.19. The van der Waals surface area contributed by atoms with E-state index in [0.717, 1.165) is 39.9 Å². The molecule has 0 bridgehead atoms. The number of imidazole rings is 1. The Morgan fingerprint density at radius 3 is 2.96 bits per heavy atom. The van der Waals surface area contributed by atoms with Gasteiger partial charge in [0.05, 0.1) is 14.8 Å². The highest BCUT2D eigenvalue weighted by Crippen LogP contribution is 2.25. The molecule has 1 atom stereocenters. The molecule has 0 aliphatic heterocycles. The second-order valence-electron chi connectivity index (χ2n) is 6.76. The lowest BCUT2D eigenvalue weighted by Gasteiger charge is -2.08. The monoisotopic (exact) mass is 466 g/mol. The van der Waals surface area contributed by atoms with Crippen molar-refractivity contribution in [3.8, 4) is 0 Å². The summed E-state index contributed by atoms with van der Waals surface area (Å²) in [5, 5.41) is 4.19. The minimum Gasteiger partial charge on any atom is -0.340 e. The number of hydrogen-bond donors (Lipinski definition) is 1. The number of aryl methyl sites for hydroxylation is 1. The highest BCUT2D eigenvalue weighted by Gasteiger charge is 2.13. The van der Waals surface area contributed by atoms with E-state index in [1.54, 1.807) is 11.3 Å². The Morgan fingerprint density at radius 1 is 1.37 bits per heavy atom. The zero-order valence-corrected chi connectivity index (χ0v) is 18.3. The fourth-order valence-corrected chi connectivity index (χ4v) is 4.79. The predicted octanol–water partition coefficient (Wildman–Crippen LogP) is 5.46. The molecular formula is C20H22BrClN3OS. The molecule has 0 spiro atoms. The molecule has 0 saturated carbocycles. The number of carbonyl (C=O) groups excluding carboxylic acids is 1. The number of aromatic nitrogens is 2. The van der Waals surface area contributed by atoms with Crippen LogP contribution in [0.2, 0.25) is 0 Å². The standard InChI is InChI=1S/C20H22BrClN3OS/c1-13(9-15-5-7-18(21)27-15)10-20(26)23-12-19-24-16-6-4-14(3-2-8-22)11-17(16)25-19/h4-7,11,13H,2-3,8-10,12H2,1H3,(H,24,25). The van der Waals surface area contributed by atoms with Gasteiger partial charge in [0.1, 0.15) is 12.4 Å². The van der Waals surface area contributed by atoms with Gasteiger partial charge >= 0.3 is 0 Å². The van der Waals surface area contributed by atoms with Gasteiger partial charge in [0.2, 0.25) is 5.91 Å². The van der Waals surface area contributed by atoms with E-state index in [1.165, 1.54) is 10.4 Å². The van der Waals surface area contributed by atoms with Crippen LogP contribution in [0.25, 0.3) is 11.0 Å². The summed E-state index contributed by atoms with van der Waals surface area (Å²) in [4.78, 5) is 21.3. The van der Waals surface area contributed by atoms with Crippen LogP contribution in [0.5, 0.6) is 0 Å². The molecule has 1 amide bonds. The van der Waals surface area contributed by atoms with Crippen LogP contribution in [0.3, 0.4) is 0 Å². The number of alkyl halides is 1. The summed E-state index contributed by atoms with van der Waals surface area (Å²) >= 11 is 10.9. The Hall–Kier alpha value is -1.37. The van der Waals surface area contributed by atoms with Crippen LogP contribution in [0, 0.1) is 5.92 Å². The summed E-state index contributed by atoms with van der Waals surface area (Å²) in [7, 11) is 0. The van der Waals surface area contributed by atoms with Crippen LogP contribution in [-0.4, -0.2) is 21.8 Å². The van der Waals surface area contributed by atoms with Crippen LogP contribution >= 0.6 is 38.9 Å². The maximum atomic E-state index is 12.2. The van der Waals surface area contributed by atoms with Crippen molar-refractivity contribution < 1.29 is 4.79 Å². The average Bonchev–Trinajstić information content (AvgIpc) is 3.23. The fraction of sp³-hybridized carbons (Fsp3) is 0.400. The van der Waals surface area contributed by atoms with E-state index in [0.29, 0.717) is 18.8 Å². The number of thiophene rings is 1. The van der Waals surface area contributed by atoms with Gasteiger partial charge in [-0.05, 0) is 70.9 Å². The predicted molar refractivity (Wildman–Crippen MR) is 115 cm³/mol. The minimum absolute atomic E-state index is 0.0682. The van der Waals surface area contributed by atoms with E-state index in [1.807, 2.05) is 12.1 Å². The highest BCUT2D eigenvalue weighted by atomic mass is 79.9. The smallest absolute Gasteiger partial charge is 0.241 e. The molecule has 1 aromatic carbocycles. The summed E-state index contributed by atoms with van der Waals surface area (Å²) < 4.78 is 1.12. The maximum Gasteiger partial charge on any atom is 0.241 e. The molecule has 1 unspecified atom stereocenters. The van der Waals surface area contributed by atoms with E-state index < -0.39 is 0 Å². The molecule has 3 rings (SSSR count). The first-order valence-electron chi connectivity index (χ1n) is 9.01. The third-order valence-electron chi connectivity index (χ3n) is 4.30. The number of rotatable bonds is 9. The normalized spacial score (nSPS) is 12.4. The number of H-pyrrole nitrogens is 1. The zero-order valence-electron chi connectivity index (χ0n) is 15.2. The Kier molecular flexibility index (Phi) is 7.33. The Morgan fingerprint density at radius 2 is 2.22 bits per heavy atom. The second-order valence-corrected chi connectivity index (χ2v) is 9.68. The maximum absolute atomic E-state index is 12.2. The number of nitrogens with zero attached hydrogens (tertiary/aromatic N) is 2. The minimum atomic E-state index is -0.0682. The quantitative estimate of drug-likeness (QED) is 0.425. The molecular weight excluding hydrogens is 446 g/mol. The first-order chi connectivity index (χ1) is 13.0. The largest absolute Gasteiger partial charge is 0.340 e. The van der Waals surface area contributed by atoms with Crippen molar-refractivity contribution in [3.63, 3.8) is 0 Å². The third-order valence-corrected chi connectivity index (χ3v) is 6.21. The van der Waals surface area contributed by atoms with E-state index >= 15 is 0 Å². The number of amides is 1. The van der Waals surface area contributed by atoms with Gasteiger partial charge in [0.15, 0.2) is 0 Å². The zero-order chi connectivity index (χ0) is 19.2. The van der Waals surface area contributed by atoms with E-state index in [4.69, 9.17) is 11.6 Å². The van der Waals surface area contributed by atoms with Crippen molar-refractivity contribution in [2.45, 2.75) is 39.2 Å². The van der Waals surface area contributed by atoms with Gasteiger partial charge in [-0.25, -0.2) is 10.3 Å². The molecule has 0 saturated heterocycles. The number of carbonyl (C=O) groups is 1. The topological polar surface area (TPSA) is 59.9 Å². The van der Waals surface area contributed by atoms with Gasteiger partial charge in [0.25, 0.3) is 0 Å². The summed E-state index contributed by atoms with van der Waals surface area (Å²) in [6, 6.07) is 10.3. The first-order valence-corrected chi connectivity index (χ1v) is 11.2. The second kappa shape index (κ2) is 9.71. The first kappa shape index (κ1) is 20.4. The Bertz CT molecular complexity index is 908. The summed E-state index contributed by atoms with van der Waals surface area (Å²) in [6.45, 7) is 2.38. The lowest BCUT2D eigenvalue weighted by molar-refractivity contribution is -0.122. The molecule has 1 N–H and O–H groups in total. The van der Waals surface area contributed by atoms with E-state index in [2.05, 4.69) is 56.3 Å². The molecule has 1 radical (unpaired) electrons. The van der Waals surface area contributed by atoms with Gasteiger partial charge in [-0.2, -0.15) is 0 Å². The molecule has 3 aromatic rings. The van der Waals surface area contributed by atoms with Gasteiger partial charge < -0.3 is 4.98 Å². The lowest BCUT2D eigenvalue weighted by atomic mass is 10.0. The molecule has 2 aromatic heterocycles. The molecule has 2 heterocycles. The number of nitrogens with one attached hydrogen (secondary N) is 1. The van der Waals surface area contributed by atoms with Gasteiger partial charge in [-0.1, -0.05) is 13.0 Å². The fourth-order valence-electron chi connectivity index (χ4n) is 3.01. The van der Waals surface area contributed by atoms with Gasteiger partial charge in [0, 0.05) is 17.2 Å². The number of hydrogen-bond acceptors (Lipinski definition) is 3. The molecule has 27 heavy (non-hydrogen) atoms. The van der Waals surface area contributed by atoms with E-state index in [9.17, 15) is 4.79 Å². The van der Waals surface area contributed by atoms with Crippen LogP contribution in [0.15, 0.2) is 34.1 Å². The summed E-state index contributed by atoms with van der Waals surface area (Å²) in [5.41, 5.74) is 3.12. The third kappa shape index (κ3) is 6.06. The van der Waals surface area contributed by atoms with Crippen LogP contribution in [0.4, 0.5) is 0 Å². The van der Waals surface area contributed by atoms with Crippen LogP contribution in [0.1, 0.15) is 36.0 Å². The highest BCUT2D eigenvalue weighted by molar-refractivity contribution is 9.11. The van der Waals surface area contributed by atoms with Gasteiger partial charge in [-0.15, -0.1) is 22.9 Å². The average molecular weight is 468 g/mol. The van der Waals surface area contributed by atoms with Crippen LogP contribution < -0.4 is 5.32 Å². The van der Waals surface area contributed by atoms with Crippen molar-refractivity contribution in [1.82, 2.24) is 15.3 Å². The molecule has 0 aliphatic carbocycles. The van der Waals surface area contributed by atoms with Gasteiger partial charge in [-0.3, -0.25) is 4.79 Å². The van der Waals surface area contributed by atoms with Crippen LogP contribution in [-0.2, 0) is 24.2 Å². The van der Waals surface area contributed by atoms with Crippen molar-refractivity contribution in [2.24, 2.45) is 5.92 Å². The van der Waals surface area contributed by atoms with Crippen molar-refractivity contribution in [1.29, 1.82) is 0 Å². The summed E-state index contributed by atoms with van der Waals surface area (Å²) in [6.07, 6.45) is 3.26. The summed E-state index contributed by atoms with van der Waals surface area (Å²) in [5.74, 6) is 1.59. The SMILES string of the molecule is CC(CC(=O)[N]Cc1nc2ccc(CCCCl)cc2[nH]1)Cc1ccc(Br)s1. The number of aromatic amines is 1. The Balaban J connectivity index is 1.50. The Labute approximate surface area is 176 Å². The molecule has 0 aliphatic rings. The van der Waals surface area contributed by atoms with Crippen molar-refractivity contribution in [2.75, 3.05) is 5.88 Å². The molecule has 0 fully saturated rings. The number of fused-ring (bicyclic) bond motifs is 1. The molecule has 7 heteroatoms. The van der Waals surface area contributed by atoms with E-state index in [-0.39, 0.29) is 11.8 Å². The molecule has 4 nitrogen and oxygen atoms in total. The van der Waals surface area contributed by atoms with Crippen molar-refractivity contribution >= 4 is 55.8 Å². The van der Waals surface area contributed by atoms with Crippen molar-refractivity contribution in [3.05, 3.63) is 50.4 Å². The number of benzene rings is 1. The molecule has 143 valence electrons. The number of halogens is 2.